The SMILES string of the molecule is CCOC(=O)N1c2ccc(OC)nc2[C@@H](Nc2ncc(S(=O)(=O)O)c(Cc3cc(C(F)(F)F)cc(C(F)(F)F)c3)n2)C[C@H]1CC. The number of amides is 1. The second-order valence-corrected chi connectivity index (χ2v) is 11.3. The third kappa shape index (κ3) is 7.55. The van der Waals surface area contributed by atoms with E-state index in [1.165, 1.54) is 18.1 Å². The lowest BCUT2D eigenvalue weighted by Gasteiger charge is -2.39. The minimum atomic E-state index is -5.14. The number of hydrogen-bond donors (Lipinski definition) is 2. The van der Waals surface area contributed by atoms with Gasteiger partial charge in [0.25, 0.3) is 10.1 Å². The molecule has 0 fully saturated rings. The largest absolute Gasteiger partial charge is 0.481 e. The molecular formula is C27H27F6N5O6S. The van der Waals surface area contributed by atoms with E-state index >= 15 is 0 Å². The van der Waals surface area contributed by atoms with E-state index in [1.54, 1.807) is 13.0 Å². The summed E-state index contributed by atoms with van der Waals surface area (Å²) in [4.78, 5) is 25.8. The van der Waals surface area contributed by atoms with Crippen molar-refractivity contribution in [1.29, 1.82) is 0 Å². The van der Waals surface area contributed by atoms with E-state index in [1.807, 2.05) is 6.92 Å². The van der Waals surface area contributed by atoms with Gasteiger partial charge < -0.3 is 14.8 Å². The first-order chi connectivity index (χ1) is 21.0. The van der Waals surface area contributed by atoms with Gasteiger partial charge in [-0.3, -0.25) is 9.45 Å². The van der Waals surface area contributed by atoms with Crippen LogP contribution in [-0.2, 0) is 33.6 Å². The van der Waals surface area contributed by atoms with Crippen LogP contribution in [0.15, 0.2) is 41.4 Å². The third-order valence-corrected chi connectivity index (χ3v) is 7.81. The van der Waals surface area contributed by atoms with Gasteiger partial charge in [0.1, 0.15) is 4.90 Å². The molecule has 2 N–H and O–H groups in total. The lowest BCUT2D eigenvalue weighted by molar-refractivity contribution is -0.143. The molecule has 45 heavy (non-hydrogen) atoms. The van der Waals surface area contributed by atoms with Crippen LogP contribution in [0.5, 0.6) is 5.88 Å². The average molecular weight is 664 g/mol. The van der Waals surface area contributed by atoms with Gasteiger partial charge >= 0.3 is 18.4 Å². The summed E-state index contributed by atoms with van der Waals surface area (Å²) in [6, 6.07) is 2.76. The van der Waals surface area contributed by atoms with Crippen molar-refractivity contribution in [2.24, 2.45) is 0 Å². The fourth-order valence-electron chi connectivity index (χ4n) is 4.91. The molecule has 244 valence electrons. The van der Waals surface area contributed by atoms with Gasteiger partial charge in [-0.2, -0.15) is 34.8 Å². The molecule has 0 bridgehead atoms. The molecular weight excluding hydrogens is 636 g/mol. The van der Waals surface area contributed by atoms with Crippen molar-refractivity contribution in [1.82, 2.24) is 15.0 Å². The van der Waals surface area contributed by atoms with Crippen molar-refractivity contribution in [3.05, 3.63) is 64.6 Å². The van der Waals surface area contributed by atoms with Crippen molar-refractivity contribution >= 4 is 27.8 Å². The number of aromatic nitrogens is 3. The smallest absolute Gasteiger partial charge is 0.416 e. The number of carbonyl (C=O) groups excluding carboxylic acids is 1. The molecule has 18 heteroatoms. The number of hydrogen-bond acceptors (Lipinski definition) is 9. The Kier molecular flexibility index (Phi) is 9.48. The molecule has 3 aromatic rings. The number of pyridine rings is 1. The maximum Gasteiger partial charge on any atom is 0.416 e. The number of rotatable bonds is 8. The van der Waals surface area contributed by atoms with E-state index in [9.17, 15) is 44.1 Å². The molecule has 0 radical (unpaired) electrons. The predicted molar refractivity (Wildman–Crippen MR) is 146 cm³/mol. The Labute approximate surface area is 253 Å². The normalized spacial score (nSPS) is 17.1. The van der Waals surface area contributed by atoms with Crippen LogP contribution in [0.25, 0.3) is 0 Å². The number of benzene rings is 1. The van der Waals surface area contributed by atoms with Gasteiger partial charge in [-0.15, -0.1) is 0 Å². The highest BCUT2D eigenvalue weighted by molar-refractivity contribution is 7.85. The average Bonchev–Trinajstić information content (AvgIpc) is 2.95. The Hall–Kier alpha value is -4.19. The number of carbonyl (C=O) groups is 1. The van der Waals surface area contributed by atoms with Crippen LogP contribution in [-0.4, -0.2) is 53.8 Å². The molecule has 0 aliphatic carbocycles. The van der Waals surface area contributed by atoms with Gasteiger partial charge in [0.15, 0.2) is 0 Å². The molecule has 0 saturated heterocycles. The minimum Gasteiger partial charge on any atom is -0.481 e. The van der Waals surface area contributed by atoms with Crippen LogP contribution >= 0.6 is 0 Å². The summed E-state index contributed by atoms with van der Waals surface area (Å²) >= 11 is 0. The van der Waals surface area contributed by atoms with Gasteiger partial charge in [-0.05, 0) is 49.6 Å². The highest BCUT2D eigenvalue weighted by atomic mass is 32.2. The number of alkyl halides is 6. The van der Waals surface area contributed by atoms with Crippen LogP contribution in [0.3, 0.4) is 0 Å². The van der Waals surface area contributed by atoms with E-state index < -0.39 is 74.3 Å². The molecule has 3 heterocycles. The first-order valence-corrected chi connectivity index (χ1v) is 14.8. The summed E-state index contributed by atoms with van der Waals surface area (Å²) < 4.78 is 125. The van der Waals surface area contributed by atoms with E-state index in [2.05, 4.69) is 20.3 Å². The van der Waals surface area contributed by atoms with Gasteiger partial charge in [-0.25, -0.2) is 19.7 Å². The predicted octanol–water partition coefficient (Wildman–Crippen LogP) is 6.05. The summed E-state index contributed by atoms with van der Waals surface area (Å²) in [5, 5.41) is 2.96. The summed E-state index contributed by atoms with van der Waals surface area (Å²) in [6.45, 7) is 3.59. The topological polar surface area (TPSA) is 144 Å². The number of fused-ring (bicyclic) bond motifs is 1. The summed E-state index contributed by atoms with van der Waals surface area (Å²) in [5.74, 6) is -0.0897. The first-order valence-electron chi connectivity index (χ1n) is 13.3. The summed E-state index contributed by atoms with van der Waals surface area (Å²) in [5.41, 5.74) is -3.70. The van der Waals surface area contributed by atoms with E-state index in [0.717, 1.165) is 0 Å². The van der Waals surface area contributed by atoms with E-state index in [0.29, 0.717) is 36.1 Å². The van der Waals surface area contributed by atoms with Gasteiger partial charge in [0, 0.05) is 18.5 Å². The zero-order valence-corrected chi connectivity index (χ0v) is 24.7. The molecule has 0 saturated carbocycles. The Morgan fingerprint density at radius 2 is 1.71 bits per heavy atom. The standard InChI is InChI=1S/C27H27F6N5O6S/c1-4-17-12-19(23-20(6-7-22(37-23)43-3)38(17)25(39)44-5-2)36-24-34-13-21(45(40,41)42)18(35-24)10-14-8-15(26(28,29)30)11-16(9-14)27(31,32)33/h6-9,11,13,17,19H,4-5,10,12H2,1-3H3,(H,34,35,36)(H,40,41,42)/t17-,19+/m1/s1. The van der Waals surface area contributed by atoms with Crippen LogP contribution < -0.4 is 15.0 Å². The zero-order valence-electron chi connectivity index (χ0n) is 23.9. The second-order valence-electron chi connectivity index (χ2n) is 9.89. The first kappa shape index (κ1) is 33.7. The Morgan fingerprint density at radius 1 is 1.07 bits per heavy atom. The number of halogens is 6. The van der Waals surface area contributed by atoms with Crippen molar-refractivity contribution < 1.29 is 53.6 Å². The summed E-state index contributed by atoms with van der Waals surface area (Å²) in [7, 11) is -3.68. The molecule has 11 nitrogen and oxygen atoms in total. The van der Waals surface area contributed by atoms with Crippen molar-refractivity contribution in [3.8, 4) is 5.88 Å². The minimum absolute atomic E-state index is 0.0638. The Bertz CT molecular complexity index is 1650. The van der Waals surface area contributed by atoms with Crippen LogP contribution in [0.4, 0.5) is 42.8 Å². The van der Waals surface area contributed by atoms with E-state index in [-0.39, 0.29) is 30.9 Å². The highest BCUT2D eigenvalue weighted by Gasteiger charge is 2.39. The molecule has 1 amide bonds. The van der Waals surface area contributed by atoms with Gasteiger partial charge in [0.2, 0.25) is 11.8 Å². The molecule has 1 aliphatic heterocycles. The lowest BCUT2D eigenvalue weighted by atomic mass is 9.93. The number of methoxy groups -OCH3 is 1. The fourth-order valence-corrected chi connectivity index (χ4v) is 5.52. The molecule has 2 aromatic heterocycles. The monoisotopic (exact) mass is 663 g/mol. The molecule has 4 rings (SSSR count). The number of ether oxygens (including phenoxy) is 2. The second kappa shape index (κ2) is 12.7. The quantitative estimate of drug-likeness (QED) is 0.216. The Morgan fingerprint density at radius 3 is 2.24 bits per heavy atom. The zero-order chi connectivity index (χ0) is 33.3. The highest BCUT2D eigenvalue weighted by Crippen LogP contribution is 2.41. The molecule has 2 atom stereocenters. The Balaban J connectivity index is 1.79. The molecule has 1 aliphatic rings. The van der Waals surface area contributed by atoms with Gasteiger partial charge in [0.05, 0.1) is 54.2 Å². The van der Waals surface area contributed by atoms with Crippen molar-refractivity contribution in [2.75, 3.05) is 23.9 Å². The summed E-state index contributed by atoms with van der Waals surface area (Å²) in [6.07, 6.45) is -10.4. The number of anilines is 2. The van der Waals surface area contributed by atoms with Crippen LogP contribution in [0.2, 0.25) is 0 Å². The molecule has 1 aromatic carbocycles. The molecule has 0 unspecified atom stereocenters. The van der Waals surface area contributed by atoms with E-state index in [4.69, 9.17) is 9.47 Å². The lowest BCUT2D eigenvalue weighted by Crippen LogP contribution is -2.46. The molecule has 0 spiro atoms. The maximum atomic E-state index is 13.4. The number of nitrogens with one attached hydrogen (secondary N) is 1. The van der Waals surface area contributed by atoms with Gasteiger partial charge in [-0.1, -0.05) is 6.92 Å². The van der Waals surface area contributed by atoms with Crippen molar-refractivity contribution in [3.63, 3.8) is 0 Å². The number of nitrogens with zero attached hydrogens (tertiary/aromatic N) is 4. The van der Waals surface area contributed by atoms with Crippen molar-refractivity contribution in [2.45, 2.75) is 62.4 Å². The van der Waals surface area contributed by atoms with Crippen LogP contribution in [0, 0.1) is 0 Å². The van der Waals surface area contributed by atoms with Crippen LogP contribution in [0.1, 0.15) is 60.8 Å². The third-order valence-electron chi connectivity index (χ3n) is 6.91. The maximum absolute atomic E-state index is 13.4. The fraction of sp³-hybridized carbons (Fsp3) is 0.407.